The van der Waals surface area contributed by atoms with E-state index in [0.29, 0.717) is 29.3 Å². The Bertz CT molecular complexity index is 1280. The molecule has 206 valence electrons. The lowest BCUT2D eigenvalue weighted by Crippen LogP contribution is -2.40. The van der Waals surface area contributed by atoms with Gasteiger partial charge in [-0.2, -0.15) is 13.2 Å². The molecule has 0 spiro atoms. The first kappa shape index (κ1) is 26.9. The number of aromatic nitrogens is 3. The Kier molecular flexibility index (Phi) is 7.99. The summed E-state index contributed by atoms with van der Waals surface area (Å²) < 4.78 is 38.7. The van der Waals surface area contributed by atoms with E-state index in [0.717, 1.165) is 74.8 Å². The van der Waals surface area contributed by atoms with Crippen molar-refractivity contribution >= 4 is 17.5 Å². The smallest absolute Gasteiger partial charge is 0.367 e. The third kappa shape index (κ3) is 6.66. The topological polar surface area (TPSA) is 97.0 Å². The van der Waals surface area contributed by atoms with Gasteiger partial charge in [0, 0.05) is 30.9 Å². The van der Waals surface area contributed by atoms with Crippen molar-refractivity contribution in [2.24, 2.45) is 17.6 Å². The molecule has 1 aromatic carbocycles. The average Bonchev–Trinajstić information content (AvgIpc) is 2.94. The van der Waals surface area contributed by atoms with E-state index >= 15 is 0 Å². The maximum Gasteiger partial charge on any atom is 0.434 e. The summed E-state index contributed by atoms with van der Waals surface area (Å²) in [6.07, 6.45) is 7.02. The normalized spacial score (nSPS) is 21.9. The second-order valence-corrected chi connectivity index (χ2v) is 10.6. The summed E-state index contributed by atoms with van der Waals surface area (Å²) in [5.74, 6) is 1.77. The molecule has 2 aromatic heterocycles. The third-order valence-corrected chi connectivity index (χ3v) is 7.89. The zero-order valence-corrected chi connectivity index (χ0v) is 21.7. The molecule has 1 aliphatic carbocycles. The number of pyridine rings is 1. The van der Waals surface area contributed by atoms with Crippen LogP contribution in [0.1, 0.15) is 61.0 Å². The van der Waals surface area contributed by atoms with E-state index in [1.54, 1.807) is 18.3 Å². The van der Waals surface area contributed by atoms with E-state index in [2.05, 4.69) is 25.2 Å². The molecule has 0 unspecified atom stereocenters. The second kappa shape index (κ2) is 11.6. The molecule has 1 aliphatic heterocycles. The van der Waals surface area contributed by atoms with Gasteiger partial charge in [-0.05, 0) is 79.3 Å². The number of carbonyl (C=O) groups is 1. The molecule has 2 fully saturated rings. The van der Waals surface area contributed by atoms with Gasteiger partial charge in [-0.25, -0.2) is 15.0 Å². The zero-order valence-electron chi connectivity index (χ0n) is 21.7. The van der Waals surface area contributed by atoms with Crippen molar-refractivity contribution in [1.82, 2.24) is 15.0 Å². The van der Waals surface area contributed by atoms with Gasteiger partial charge in [0.2, 0.25) is 5.91 Å². The highest BCUT2D eigenvalue weighted by atomic mass is 19.4. The number of benzene rings is 1. The van der Waals surface area contributed by atoms with Gasteiger partial charge >= 0.3 is 6.18 Å². The van der Waals surface area contributed by atoms with Crippen molar-refractivity contribution in [3.8, 4) is 11.1 Å². The van der Waals surface area contributed by atoms with Gasteiger partial charge in [0.25, 0.3) is 0 Å². The van der Waals surface area contributed by atoms with E-state index in [4.69, 9.17) is 5.73 Å². The molecular formula is C29H33F3N6O. The minimum Gasteiger partial charge on any atom is -0.367 e. The van der Waals surface area contributed by atoms with Crippen molar-refractivity contribution in [2.75, 3.05) is 23.3 Å². The quantitative estimate of drug-likeness (QED) is 0.387. The summed E-state index contributed by atoms with van der Waals surface area (Å²) in [7, 11) is 0. The highest BCUT2D eigenvalue weighted by Gasteiger charge is 2.34. The van der Waals surface area contributed by atoms with E-state index in [1.165, 1.54) is 12.6 Å². The summed E-state index contributed by atoms with van der Waals surface area (Å²) in [5.41, 5.74) is 6.83. The molecule has 1 saturated carbocycles. The van der Waals surface area contributed by atoms with Crippen LogP contribution in [-0.2, 0) is 6.18 Å². The number of carbonyl (C=O) groups excluding carboxylic acids is 1. The summed E-state index contributed by atoms with van der Waals surface area (Å²) in [6.45, 7) is 1.55. The molecule has 3 N–H and O–H groups in total. The molecular weight excluding hydrogens is 505 g/mol. The molecule has 39 heavy (non-hydrogen) atoms. The van der Waals surface area contributed by atoms with Crippen LogP contribution in [0.15, 0.2) is 55.0 Å². The lowest BCUT2D eigenvalue weighted by atomic mass is 9.77. The summed E-state index contributed by atoms with van der Waals surface area (Å²) >= 11 is 0. The molecule has 2 aliphatic rings. The van der Waals surface area contributed by atoms with Crippen molar-refractivity contribution in [1.29, 1.82) is 0 Å². The number of halogens is 3. The van der Waals surface area contributed by atoms with Gasteiger partial charge in [0.05, 0.1) is 12.4 Å². The molecule has 3 aromatic rings. The van der Waals surface area contributed by atoms with E-state index in [9.17, 15) is 18.0 Å². The van der Waals surface area contributed by atoms with Crippen molar-refractivity contribution in [3.63, 3.8) is 0 Å². The standard InChI is InChI=1S/C29H33F3N6O/c30-29(31,32)25-16-36-27(17-35-25)38-12-4-5-19(18-38)13-22-6-1-2-9-24(22)37-26-15-21(10-11-34-26)20-7-3-8-23(14-20)28(33)39/h3,7-8,10-11,14-17,19,22,24H,1-2,4-6,9,12-13,18H2,(H2,33,39)(H,34,37)/t19-,22+,24-/m1/s1. The molecule has 3 atom stereocenters. The predicted octanol–water partition coefficient (Wildman–Crippen LogP) is 5.93. The van der Waals surface area contributed by atoms with Crippen LogP contribution >= 0.6 is 0 Å². The summed E-state index contributed by atoms with van der Waals surface area (Å²) in [6, 6.07) is 11.5. The minimum absolute atomic E-state index is 0.291. The van der Waals surface area contributed by atoms with Gasteiger partial charge in [0.1, 0.15) is 11.6 Å². The molecule has 7 nitrogen and oxygen atoms in total. The average molecular weight is 539 g/mol. The third-order valence-electron chi connectivity index (χ3n) is 7.89. The highest BCUT2D eigenvalue weighted by molar-refractivity contribution is 5.94. The lowest BCUT2D eigenvalue weighted by Gasteiger charge is -2.39. The molecule has 0 radical (unpaired) electrons. The van der Waals surface area contributed by atoms with Crippen LogP contribution in [0, 0.1) is 11.8 Å². The lowest BCUT2D eigenvalue weighted by molar-refractivity contribution is -0.141. The number of piperidine rings is 1. The van der Waals surface area contributed by atoms with Crippen LogP contribution in [0.2, 0.25) is 0 Å². The number of nitrogens with zero attached hydrogens (tertiary/aromatic N) is 4. The number of anilines is 2. The monoisotopic (exact) mass is 538 g/mol. The first-order valence-corrected chi connectivity index (χ1v) is 13.5. The number of nitrogens with one attached hydrogen (secondary N) is 1. The number of nitrogens with two attached hydrogens (primary N) is 1. The van der Waals surface area contributed by atoms with Crippen LogP contribution in [0.4, 0.5) is 24.8 Å². The molecule has 1 saturated heterocycles. The van der Waals surface area contributed by atoms with Gasteiger partial charge < -0.3 is 16.0 Å². The maximum atomic E-state index is 12.9. The number of primary amides is 1. The zero-order chi connectivity index (χ0) is 27.4. The molecule has 3 heterocycles. The Labute approximate surface area is 226 Å². The molecule has 5 rings (SSSR count). The largest absolute Gasteiger partial charge is 0.434 e. The SMILES string of the molecule is NC(=O)c1cccc(-c2ccnc(N[C@@H]3CCCC[C@H]3C[C@H]3CCCN(c4cnc(C(F)(F)F)cn4)C3)c2)c1. The maximum absolute atomic E-state index is 12.9. The summed E-state index contributed by atoms with van der Waals surface area (Å²) in [4.78, 5) is 25.9. The number of rotatable bonds is 7. The Balaban J connectivity index is 1.24. The van der Waals surface area contributed by atoms with E-state index < -0.39 is 17.8 Å². The Hall–Kier alpha value is -3.69. The number of hydrogen-bond donors (Lipinski definition) is 2. The van der Waals surface area contributed by atoms with Crippen LogP contribution in [-0.4, -0.2) is 40.0 Å². The Morgan fingerprint density at radius 2 is 1.82 bits per heavy atom. The van der Waals surface area contributed by atoms with E-state index in [-0.39, 0.29) is 0 Å². The van der Waals surface area contributed by atoms with E-state index in [1.807, 2.05) is 24.3 Å². The molecule has 10 heteroatoms. The Morgan fingerprint density at radius 1 is 1.00 bits per heavy atom. The fraction of sp³-hybridized carbons (Fsp3) is 0.448. The van der Waals surface area contributed by atoms with Gasteiger partial charge in [-0.3, -0.25) is 4.79 Å². The van der Waals surface area contributed by atoms with Crippen molar-refractivity contribution in [2.45, 2.75) is 57.2 Å². The van der Waals surface area contributed by atoms with Crippen LogP contribution in [0.5, 0.6) is 0 Å². The van der Waals surface area contributed by atoms with Crippen LogP contribution < -0.4 is 16.0 Å². The van der Waals surface area contributed by atoms with Crippen LogP contribution in [0.3, 0.4) is 0 Å². The fourth-order valence-corrected chi connectivity index (χ4v) is 5.94. The fourth-order valence-electron chi connectivity index (χ4n) is 5.94. The highest BCUT2D eigenvalue weighted by Crippen LogP contribution is 2.35. The predicted molar refractivity (Wildman–Crippen MR) is 144 cm³/mol. The first-order chi connectivity index (χ1) is 18.8. The molecule has 1 amide bonds. The van der Waals surface area contributed by atoms with Gasteiger partial charge in [-0.15, -0.1) is 0 Å². The van der Waals surface area contributed by atoms with Gasteiger partial charge in [0.15, 0.2) is 5.69 Å². The number of alkyl halides is 3. The second-order valence-electron chi connectivity index (χ2n) is 10.6. The molecule has 0 bridgehead atoms. The van der Waals surface area contributed by atoms with Crippen LogP contribution in [0.25, 0.3) is 11.1 Å². The minimum atomic E-state index is -4.49. The number of amides is 1. The Morgan fingerprint density at radius 3 is 2.59 bits per heavy atom. The first-order valence-electron chi connectivity index (χ1n) is 13.5. The van der Waals surface area contributed by atoms with Gasteiger partial charge in [-0.1, -0.05) is 25.0 Å². The summed E-state index contributed by atoms with van der Waals surface area (Å²) in [5, 5.41) is 3.69. The van der Waals surface area contributed by atoms with Crippen molar-refractivity contribution < 1.29 is 18.0 Å². The number of hydrogen-bond acceptors (Lipinski definition) is 6. The van der Waals surface area contributed by atoms with Crippen molar-refractivity contribution in [3.05, 3.63) is 66.2 Å².